The van der Waals surface area contributed by atoms with E-state index in [0.29, 0.717) is 31.7 Å². The number of piperazine rings is 1. The van der Waals surface area contributed by atoms with Crippen molar-refractivity contribution in [2.45, 2.75) is 89.3 Å². The molecule has 6 nitrogen and oxygen atoms in total. The molecule has 2 N–H and O–H groups in total. The van der Waals surface area contributed by atoms with Crippen LogP contribution in [0.25, 0.3) is 0 Å². The Kier molecular flexibility index (Phi) is 6.43. The van der Waals surface area contributed by atoms with Crippen molar-refractivity contribution in [3.63, 3.8) is 0 Å². The summed E-state index contributed by atoms with van der Waals surface area (Å²) in [5, 5.41) is 6.38. The standard InChI is InChI=1S/C19H34N4O2/c1-15-14-22(18(24)20-16-8-4-2-5-9-16)12-13-23(15)19(25)21-17-10-6-3-7-11-17/h15-17H,2-14H2,1H3,(H,20,24)(H,21,25). The van der Waals surface area contributed by atoms with Crippen LogP contribution in [-0.2, 0) is 0 Å². The molecular formula is C19H34N4O2. The molecule has 25 heavy (non-hydrogen) atoms. The number of urea groups is 2. The van der Waals surface area contributed by atoms with Crippen molar-refractivity contribution in [2.75, 3.05) is 19.6 Å². The van der Waals surface area contributed by atoms with Crippen LogP contribution in [0, 0.1) is 0 Å². The molecule has 2 aliphatic carbocycles. The average molecular weight is 351 g/mol. The Balaban J connectivity index is 1.44. The summed E-state index contributed by atoms with van der Waals surface area (Å²) in [5.74, 6) is 0. The van der Waals surface area contributed by atoms with E-state index >= 15 is 0 Å². The second-order valence-corrected chi connectivity index (χ2v) is 8.06. The summed E-state index contributed by atoms with van der Waals surface area (Å²) < 4.78 is 0. The van der Waals surface area contributed by atoms with Gasteiger partial charge in [0.1, 0.15) is 0 Å². The van der Waals surface area contributed by atoms with E-state index in [1.165, 1.54) is 38.5 Å². The highest BCUT2D eigenvalue weighted by atomic mass is 16.2. The lowest BCUT2D eigenvalue weighted by molar-refractivity contribution is 0.107. The Morgan fingerprint density at radius 3 is 1.80 bits per heavy atom. The molecule has 6 heteroatoms. The van der Waals surface area contributed by atoms with Crippen LogP contribution in [0.5, 0.6) is 0 Å². The molecule has 0 aromatic carbocycles. The van der Waals surface area contributed by atoms with Crippen molar-refractivity contribution in [1.29, 1.82) is 0 Å². The summed E-state index contributed by atoms with van der Waals surface area (Å²) in [6.45, 7) is 3.91. The number of hydrogen-bond acceptors (Lipinski definition) is 2. The van der Waals surface area contributed by atoms with E-state index in [0.717, 1.165) is 25.7 Å². The van der Waals surface area contributed by atoms with Gasteiger partial charge in [-0.1, -0.05) is 38.5 Å². The predicted octanol–water partition coefficient (Wildman–Crippen LogP) is 3.08. The molecule has 0 aromatic heterocycles. The van der Waals surface area contributed by atoms with Gasteiger partial charge in [-0.3, -0.25) is 0 Å². The van der Waals surface area contributed by atoms with Crippen LogP contribution in [0.15, 0.2) is 0 Å². The summed E-state index contributed by atoms with van der Waals surface area (Å²) in [4.78, 5) is 28.8. The van der Waals surface area contributed by atoms with Gasteiger partial charge in [0.2, 0.25) is 0 Å². The topological polar surface area (TPSA) is 64.7 Å². The fourth-order valence-corrected chi connectivity index (χ4v) is 4.46. The maximum absolute atomic E-state index is 12.6. The largest absolute Gasteiger partial charge is 0.335 e. The zero-order valence-corrected chi connectivity index (χ0v) is 15.6. The second-order valence-electron chi connectivity index (χ2n) is 8.06. The van der Waals surface area contributed by atoms with Crippen LogP contribution in [0.2, 0.25) is 0 Å². The minimum absolute atomic E-state index is 0.0473. The molecule has 1 aliphatic heterocycles. The van der Waals surface area contributed by atoms with Gasteiger partial charge in [0.05, 0.1) is 0 Å². The molecule has 0 bridgehead atoms. The minimum Gasteiger partial charge on any atom is -0.335 e. The molecule has 1 atom stereocenters. The molecule has 3 fully saturated rings. The molecule has 0 aromatic rings. The summed E-state index contributed by atoms with van der Waals surface area (Å²) in [5.41, 5.74) is 0. The smallest absolute Gasteiger partial charge is 0.317 e. The highest BCUT2D eigenvalue weighted by Crippen LogP contribution is 2.20. The third-order valence-electron chi connectivity index (χ3n) is 6.04. The van der Waals surface area contributed by atoms with Gasteiger partial charge in [-0.25, -0.2) is 9.59 Å². The fourth-order valence-electron chi connectivity index (χ4n) is 4.46. The van der Waals surface area contributed by atoms with Gasteiger partial charge in [0.25, 0.3) is 0 Å². The van der Waals surface area contributed by atoms with Crippen molar-refractivity contribution in [3.8, 4) is 0 Å². The van der Waals surface area contributed by atoms with E-state index in [4.69, 9.17) is 0 Å². The van der Waals surface area contributed by atoms with Crippen molar-refractivity contribution in [1.82, 2.24) is 20.4 Å². The first-order chi connectivity index (χ1) is 12.1. The number of rotatable bonds is 2. The lowest BCUT2D eigenvalue weighted by atomic mass is 9.95. The van der Waals surface area contributed by atoms with Crippen LogP contribution in [0.1, 0.15) is 71.1 Å². The third kappa shape index (κ3) is 5.02. The molecule has 3 rings (SSSR count). The lowest BCUT2D eigenvalue weighted by Gasteiger charge is -2.41. The van der Waals surface area contributed by atoms with Crippen molar-refractivity contribution >= 4 is 12.1 Å². The van der Waals surface area contributed by atoms with Crippen LogP contribution >= 0.6 is 0 Å². The third-order valence-corrected chi connectivity index (χ3v) is 6.04. The summed E-state index contributed by atoms with van der Waals surface area (Å²) in [6.07, 6.45) is 11.9. The molecule has 1 heterocycles. The predicted molar refractivity (Wildman–Crippen MR) is 98.6 cm³/mol. The Bertz CT molecular complexity index is 458. The van der Waals surface area contributed by atoms with E-state index in [1.807, 2.05) is 16.7 Å². The van der Waals surface area contributed by atoms with Crippen molar-refractivity contribution in [2.24, 2.45) is 0 Å². The quantitative estimate of drug-likeness (QED) is 0.804. The molecular weight excluding hydrogens is 316 g/mol. The van der Waals surface area contributed by atoms with Gasteiger partial charge in [-0.15, -0.1) is 0 Å². The highest BCUT2D eigenvalue weighted by molar-refractivity contribution is 5.77. The first kappa shape index (κ1) is 18.3. The Morgan fingerprint density at radius 2 is 1.28 bits per heavy atom. The minimum atomic E-state index is 0.0473. The molecule has 0 radical (unpaired) electrons. The van der Waals surface area contributed by atoms with E-state index in [9.17, 15) is 9.59 Å². The number of nitrogens with zero attached hydrogens (tertiary/aromatic N) is 2. The van der Waals surface area contributed by atoms with E-state index in [-0.39, 0.29) is 18.1 Å². The van der Waals surface area contributed by atoms with E-state index in [2.05, 4.69) is 10.6 Å². The van der Waals surface area contributed by atoms with Crippen molar-refractivity contribution in [3.05, 3.63) is 0 Å². The van der Waals surface area contributed by atoms with E-state index < -0.39 is 0 Å². The first-order valence-electron chi connectivity index (χ1n) is 10.3. The number of nitrogens with one attached hydrogen (secondary N) is 2. The van der Waals surface area contributed by atoms with Gasteiger partial charge < -0.3 is 20.4 Å². The van der Waals surface area contributed by atoms with Crippen LogP contribution in [0.3, 0.4) is 0 Å². The Morgan fingerprint density at radius 1 is 0.760 bits per heavy atom. The zero-order chi connectivity index (χ0) is 17.6. The Labute approximate surface area is 151 Å². The fraction of sp³-hybridized carbons (Fsp3) is 0.895. The zero-order valence-electron chi connectivity index (χ0n) is 15.6. The maximum atomic E-state index is 12.6. The van der Waals surface area contributed by atoms with Crippen molar-refractivity contribution < 1.29 is 9.59 Å². The molecule has 2 saturated carbocycles. The van der Waals surface area contributed by atoms with Gasteiger partial charge in [0, 0.05) is 37.8 Å². The molecule has 142 valence electrons. The lowest BCUT2D eigenvalue weighted by Crippen LogP contribution is -2.60. The van der Waals surface area contributed by atoms with Crippen LogP contribution < -0.4 is 10.6 Å². The SMILES string of the molecule is CC1CN(C(=O)NC2CCCCC2)CCN1C(=O)NC1CCCCC1. The van der Waals surface area contributed by atoms with Crippen LogP contribution in [-0.4, -0.2) is 59.6 Å². The molecule has 0 spiro atoms. The highest BCUT2D eigenvalue weighted by Gasteiger charge is 2.31. The van der Waals surface area contributed by atoms with Gasteiger partial charge in [-0.2, -0.15) is 0 Å². The number of carbonyl (C=O) groups excluding carboxylic acids is 2. The number of carbonyl (C=O) groups is 2. The van der Waals surface area contributed by atoms with Gasteiger partial charge in [-0.05, 0) is 32.6 Å². The van der Waals surface area contributed by atoms with Gasteiger partial charge >= 0.3 is 12.1 Å². The summed E-state index contributed by atoms with van der Waals surface area (Å²) in [7, 11) is 0. The average Bonchev–Trinajstić information content (AvgIpc) is 2.63. The first-order valence-corrected chi connectivity index (χ1v) is 10.3. The maximum Gasteiger partial charge on any atom is 0.317 e. The van der Waals surface area contributed by atoms with Gasteiger partial charge in [0.15, 0.2) is 0 Å². The van der Waals surface area contributed by atoms with Crippen LogP contribution in [0.4, 0.5) is 9.59 Å². The summed E-state index contributed by atoms with van der Waals surface area (Å²) >= 11 is 0. The molecule has 4 amide bonds. The number of hydrogen-bond donors (Lipinski definition) is 2. The molecule has 1 unspecified atom stereocenters. The normalized spacial score (nSPS) is 26.4. The monoisotopic (exact) mass is 350 g/mol. The summed E-state index contributed by atoms with van der Waals surface area (Å²) in [6, 6.07) is 0.831. The Hall–Kier alpha value is -1.46. The second kappa shape index (κ2) is 8.77. The molecule has 3 aliphatic rings. The van der Waals surface area contributed by atoms with E-state index in [1.54, 1.807) is 0 Å². The molecule has 1 saturated heterocycles. The number of amides is 4.